The van der Waals surface area contributed by atoms with Crippen molar-refractivity contribution < 1.29 is 55.8 Å². The lowest BCUT2D eigenvalue weighted by atomic mass is 10.1. The van der Waals surface area contributed by atoms with Gasteiger partial charge in [0.05, 0.1) is 13.2 Å². The number of rotatable bonds is 14. The zero-order chi connectivity index (χ0) is 30.5. The van der Waals surface area contributed by atoms with Crippen LogP contribution in [0.5, 0.6) is 0 Å². The molecule has 15 nitrogen and oxygen atoms in total. The highest BCUT2D eigenvalue weighted by atomic mass is 16.6. The average Bonchev–Trinajstić information content (AvgIpc) is 3.47. The van der Waals surface area contributed by atoms with Crippen molar-refractivity contribution in [3.63, 3.8) is 0 Å². The van der Waals surface area contributed by atoms with Crippen LogP contribution >= 0.6 is 0 Å². The molecule has 228 valence electrons. The minimum atomic E-state index is -0.922. The molecule has 0 atom stereocenters. The Morgan fingerprint density at radius 3 is 1.45 bits per heavy atom. The summed E-state index contributed by atoms with van der Waals surface area (Å²) in [5.41, 5.74) is 0. The Morgan fingerprint density at radius 1 is 0.667 bits per heavy atom. The minimum absolute atomic E-state index is 0.0466. The second-order valence-electron chi connectivity index (χ2n) is 9.24. The zero-order valence-corrected chi connectivity index (χ0v) is 23.1. The number of carbonyl (C=O) groups is 4. The highest BCUT2D eigenvalue weighted by Gasteiger charge is 2.20. The van der Waals surface area contributed by atoms with Gasteiger partial charge in [0, 0.05) is 36.8 Å². The standard InChI is InChI=1S/C27H31NO14/c1-17-20(41-26(33)39-17)15-37-24(31)8-6-22(29)35-13-19(12-28-10-4-3-5-11-28)14-36-23(30)7-9-25(32)38-16-21-18(2)40-27(34)42-21/h6-9,19H,3-5,10-16H2,1-2H3/b8-6+,9-7+. The van der Waals surface area contributed by atoms with Crippen LogP contribution in [0.4, 0.5) is 0 Å². The molecule has 0 bridgehead atoms. The zero-order valence-electron chi connectivity index (χ0n) is 23.1. The molecule has 1 saturated heterocycles. The van der Waals surface area contributed by atoms with E-state index in [1.54, 1.807) is 0 Å². The third-order valence-corrected chi connectivity index (χ3v) is 5.96. The van der Waals surface area contributed by atoms with E-state index in [4.69, 9.17) is 27.8 Å². The van der Waals surface area contributed by atoms with Crippen molar-refractivity contribution in [1.82, 2.24) is 4.90 Å². The maximum atomic E-state index is 12.2. The maximum absolute atomic E-state index is 12.2. The van der Waals surface area contributed by atoms with E-state index in [1.807, 2.05) is 0 Å². The Bertz CT molecular complexity index is 1300. The van der Waals surface area contributed by atoms with Gasteiger partial charge in [-0.15, -0.1) is 0 Å². The molecule has 0 unspecified atom stereocenters. The largest absolute Gasteiger partial charge is 0.519 e. The Kier molecular flexibility index (Phi) is 12.1. The van der Waals surface area contributed by atoms with Crippen molar-refractivity contribution in [3.8, 4) is 0 Å². The Morgan fingerprint density at radius 2 is 1.07 bits per heavy atom. The van der Waals surface area contributed by atoms with Crippen molar-refractivity contribution in [3.05, 3.63) is 68.6 Å². The summed E-state index contributed by atoms with van der Waals surface area (Å²) in [6, 6.07) is 0. The summed E-state index contributed by atoms with van der Waals surface area (Å²) in [4.78, 5) is 72.3. The van der Waals surface area contributed by atoms with E-state index < -0.39 is 41.4 Å². The van der Waals surface area contributed by atoms with Gasteiger partial charge in [-0.05, 0) is 39.8 Å². The number of aryl methyl sites for hydroxylation is 2. The van der Waals surface area contributed by atoms with Gasteiger partial charge < -0.3 is 41.5 Å². The van der Waals surface area contributed by atoms with Crippen molar-refractivity contribution in [2.75, 3.05) is 32.8 Å². The second kappa shape index (κ2) is 16.0. The van der Waals surface area contributed by atoms with Crippen molar-refractivity contribution in [1.29, 1.82) is 0 Å². The fraction of sp³-hybridized carbons (Fsp3) is 0.481. The first-order valence-electron chi connectivity index (χ1n) is 13.0. The molecular formula is C27H31NO14. The number of likely N-dealkylation sites (tertiary alicyclic amines) is 1. The van der Waals surface area contributed by atoms with Gasteiger partial charge >= 0.3 is 35.5 Å². The monoisotopic (exact) mass is 593 g/mol. The molecule has 0 aliphatic carbocycles. The summed E-state index contributed by atoms with van der Waals surface area (Å²) < 4.78 is 39.0. The molecule has 1 aliphatic rings. The van der Waals surface area contributed by atoms with E-state index >= 15 is 0 Å². The summed E-state index contributed by atoms with van der Waals surface area (Å²) in [6.45, 7) is 4.20. The fourth-order valence-electron chi connectivity index (χ4n) is 3.81. The fourth-order valence-corrected chi connectivity index (χ4v) is 3.81. The van der Waals surface area contributed by atoms with Gasteiger partial charge in [-0.3, -0.25) is 0 Å². The van der Waals surface area contributed by atoms with Crippen LogP contribution in [0.25, 0.3) is 0 Å². The number of nitrogens with zero attached hydrogens (tertiary/aromatic N) is 1. The summed E-state index contributed by atoms with van der Waals surface area (Å²) in [5, 5.41) is 0. The van der Waals surface area contributed by atoms with Crippen LogP contribution in [0.15, 0.2) is 51.6 Å². The first kappa shape index (κ1) is 31.9. The molecule has 0 aromatic carbocycles. The first-order chi connectivity index (χ1) is 20.1. The summed E-state index contributed by atoms with van der Waals surface area (Å²) in [6.07, 6.45) is 6.65. The second-order valence-corrected chi connectivity index (χ2v) is 9.24. The van der Waals surface area contributed by atoms with Gasteiger partial charge in [0.25, 0.3) is 0 Å². The van der Waals surface area contributed by atoms with Crippen LogP contribution in [0.3, 0.4) is 0 Å². The molecule has 1 fully saturated rings. The number of ether oxygens (including phenoxy) is 4. The van der Waals surface area contributed by atoms with Crippen molar-refractivity contribution >= 4 is 23.9 Å². The summed E-state index contributed by atoms with van der Waals surface area (Å²) in [5.74, 6) is -5.19. The number of carbonyl (C=O) groups excluding carboxylic acids is 4. The third kappa shape index (κ3) is 11.1. The van der Waals surface area contributed by atoms with Gasteiger partial charge in [-0.2, -0.15) is 0 Å². The highest BCUT2D eigenvalue weighted by molar-refractivity contribution is 5.92. The maximum Gasteiger partial charge on any atom is 0.519 e. The van der Waals surface area contributed by atoms with Gasteiger partial charge in [0.1, 0.15) is 0 Å². The predicted octanol–water partition coefficient (Wildman–Crippen LogP) is 1.48. The number of esters is 4. The number of piperidine rings is 1. The molecular weight excluding hydrogens is 562 g/mol. The van der Waals surface area contributed by atoms with Crippen LogP contribution in [-0.4, -0.2) is 61.6 Å². The van der Waals surface area contributed by atoms with Crippen molar-refractivity contribution in [2.45, 2.75) is 46.3 Å². The highest BCUT2D eigenvalue weighted by Crippen LogP contribution is 2.13. The summed E-state index contributed by atoms with van der Waals surface area (Å²) >= 11 is 0. The topological polar surface area (TPSA) is 195 Å². The molecule has 2 aromatic heterocycles. The molecule has 3 rings (SSSR count). The SMILES string of the molecule is Cc1oc(=O)oc1COC(=O)/C=C/C(=O)OCC(COC(=O)/C=C/C(=O)OCc1oc(=O)oc1C)CN1CCCCC1. The lowest BCUT2D eigenvalue weighted by molar-refractivity contribution is -0.145. The number of hydrogen-bond donors (Lipinski definition) is 0. The van der Waals surface area contributed by atoms with Crippen LogP contribution in [0.1, 0.15) is 42.3 Å². The predicted molar refractivity (Wildman–Crippen MR) is 138 cm³/mol. The molecule has 15 heteroatoms. The van der Waals surface area contributed by atoms with Crippen LogP contribution < -0.4 is 11.6 Å². The van der Waals surface area contributed by atoms with E-state index in [0.717, 1.165) is 56.7 Å². The Balaban J connectivity index is 1.44. The number of hydrogen-bond acceptors (Lipinski definition) is 15. The molecule has 1 aliphatic heterocycles. The normalized spacial score (nSPS) is 14.0. The van der Waals surface area contributed by atoms with Gasteiger partial charge in [-0.1, -0.05) is 6.42 Å². The van der Waals surface area contributed by atoms with Crippen LogP contribution in [0, 0.1) is 19.8 Å². The Hall–Kier alpha value is -4.66. The summed E-state index contributed by atoms with van der Waals surface area (Å²) in [7, 11) is 0. The van der Waals surface area contributed by atoms with Gasteiger partial charge in [0.2, 0.25) is 0 Å². The lowest BCUT2D eigenvalue weighted by Crippen LogP contribution is -2.37. The van der Waals surface area contributed by atoms with Gasteiger partial charge in [0.15, 0.2) is 36.3 Å². The molecule has 0 N–H and O–H groups in total. The van der Waals surface area contributed by atoms with Gasteiger partial charge in [-0.25, -0.2) is 28.8 Å². The Labute approximate surface area is 238 Å². The van der Waals surface area contributed by atoms with Crippen LogP contribution in [0.2, 0.25) is 0 Å². The molecule has 0 spiro atoms. The van der Waals surface area contributed by atoms with E-state index in [1.165, 1.54) is 13.8 Å². The molecule has 0 amide bonds. The van der Waals surface area contributed by atoms with Crippen LogP contribution in [-0.2, 0) is 51.3 Å². The molecule has 0 radical (unpaired) electrons. The first-order valence-corrected chi connectivity index (χ1v) is 13.0. The van der Waals surface area contributed by atoms with E-state index in [2.05, 4.69) is 13.7 Å². The quantitative estimate of drug-likeness (QED) is 0.173. The minimum Gasteiger partial charge on any atom is -0.462 e. The molecule has 3 heterocycles. The third-order valence-electron chi connectivity index (χ3n) is 5.96. The average molecular weight is 594 g/mol. The van der Waals surface area contributed by atoms with E-state index in [0.29, 0.717) is 6.54 Å². The molecule has 42 heavy (non-hydrogen) atoms. The lowest BCUT2D eigenvalue weighted by Gasteiger charge is -2.30. The van der Waals surface area contributed by atoms with Crippen molar-refractivity contribution in [2.24, 2.45) is 5.92 Å². The smallest absolute Gasteiger partial charge is 0.462 e. The molecule has 0 saturated carbocycles. The van der Waals surface area contributed by atoms with E-state index in [9.17, 15) is 28.8 Å². The molecule has 2 aromatic rings. The van der Waals surface area contributed by atoms with E-state index in [-0.39, 0.29) is 49.5 Å².